The summed E-state index contributed by atoms with van der Waals surface area (Å²) in [5.74, 6) is 0. The van der Waals surface area contributed by atoms with Crippen LogP contribution in [0.4, 0.5) is 0 Å². The number of benzene rings is 4. The first-order valence-corrected chi connectivity index (χ1v) is 10.0. The van der Waals surface area contributed by atoms with E-state index >= 15 is 0 Å². The molecule has 29 heavy (non-hydrogen) atoms. The van der Waals surface area contributed by atoms with Gasteiger partial charge in [-0.05, 0) is 47.5 Å². The Morgan fingerprint density at radius 3 is 1.45 bits per heavy atom. The van der Waals surface area contributed by atoms with Crippen LogP contribution < -0.4 is 5.32 Å². The van der Waals surface area contributed by atoms with E-state index in [-0.39, 0.29) is 0 Å². The van der Waals surface area contributed by atoms with Gasteiger partial charge in [0, 0.05) is 56.7 Å². The molecule has 6 aromatic rings. The van der Waals surface area contributed by atoms with Crippen molar-refractivity contribution in [2.75, 3.05) is 0 Å². The van der Waals surface area contributed by atoms with Gasteiger partial charge in [0.05, 0.1) is 0 Å². The summed E-state index contributed by atoms with van der Waals surface area (Å²) in [5, 5.41) is 8.76. The lowest BCUT2D eigenvalue weighted by Crippen LogP contribution is -2.12. The Morgan fingerprint density at radius 2 is 0.931 bits per heavy atom. The Morgan fingerprint density at radius 1 is 0.483 bits per heavy atom. The highest BCUT2D eigenvalue weighted by Crippen LogP contribution is 2.27. The molecule has 3 N–H and O–H groups in total. The molecule has 2 heterocycles. The van der Waals surface area contributed by atoms with Crippen molar-refractivity contribution in [3.63, 3.8) is 0 Å². The largest absolute Gasteiger partial charge is 0.355 e. The lowest BCUT2D eigenvalue weighted by Gasteiger charge is -2.06. The van der Waals surface area contributed by atoms with E-state index in [2.05, 4.69) is 100 Å². The van der Waals surface area contributed by atoms with Crippen LogP contribution in [0.15, 0.2) is 84.9 Å². The second kappa shape index (κ2) is 6.50. The maximum absolute atomic E-state index is 3.61. The van der Waals surface area contributed by atoms with Crippen molar-refractivity contribution in [2.45, 2.75) is 13.1 Å². The molecule has 140 valence electrons. The van der Waals surface area contributed by atoms with Crippen molar-refractivity contribution in [3.8, 4) is 0 Å². The maximum Gasteiger partial charge on any atom is 0.0465 e. The number of H-pyrrole nitrogens is 2. The minimum absolute atomic E-state index is 0.849. The van der Waals surface area contributed by atoms with Gasteiger partial charge in [0.15, 0.2) is 0 Å². The molecule has 0 bridgehead atoms. The summed E-state index contributed by atoms with van der Waals surface area (Å²) < 4.78 is 0. The first-order chi connectivity index (χ1) is 14.3. The highest BCUT2D eigenvalue weighted by atomic mass is 14.8. The number of nitrogens with one attached hydrogen (secondary N) is 3. The molecule has 4 aromatic carbocycles. The van der Waals surface area contributed by atoms with E-state index in [0.717, 1.165) is 13.1 Å². The molecule has 2 aromatic heterocycles. The summed E-state index contributed by atoms with van der Waals surface area (Å²) in [4.78, 5) is 6.99. The van der Waals surface area contributed by atoms with Gasteiger partial charge in [-0.3, -0.25) is 0 Å². The molecule has 0 aliphatic heterocycles. The fraction of sp³-hybridized carbons (Fsp3) is 0.0769. The smallest absolute Gasteiger partial charge is 0.0465 e. The van der Waals surface area contributed by atoms with Gasteiger partial charge in [0.2, 0.25) is 0 Å². The van der Waals surface area contributed by atoms with Crippen LogP contribution in [0, 0.1) is 0 Å². The molecule has 0 spiro atoms. The topological polar surface area (TPSA) is 43.6 Å². The van der Waals surface area contributed by atoms with Gasteiger partial charge in [0.25, 0.3) is 0 Å². The quantitative estimate of drug-likeness (QED) is 0.335. The minimum atomic E-state index is 0.849. The van der Waals surface area contributed by atoms with E-state index in [9.17, 15) is 0 Å². The van der Waals surface area contributed by atoms with Gasteiger partial charge >= 0.3 is 0 Å². The summed E-state index contributed by atoms with van der Waals surface area (Å²) in [7, 11) is 0. The minimum Gasteiger partial charge on any atom is -0.355 e. The maximum atomic E-state index is 3.61. The Bertz CT molecular complexity index is 1370. The number of rotatable bonds is 4. The van der Waals surface area contributed by atoms with E-state index in [1.807, 2.05) is 0 Å². The molecule has 0 saturated carbocycles. The summed E-state index contributed by atoms with van der Waals surface area (Å²) in [6, 6.07) is 30.3. The standard InChI is InChI=1S/C26H21N3/c1-3-7-23-19(5-1)21-13-17(9-11-25(21)28-23)15-27-16-18-10-12-26-22(14-18)20-6-2-4-8-24(20)29-26/h1-14,27-29H,15-16H2. The molecule has 0 radical (unpaired) electrons. The average molecular weight is 375 g/mol. The fourth-order valence-electron chi connectivity index (χ4n) is 4.36. The third-order valence-corrected chi connectivity index (χ3v) is 5.80. The summed E-state index contributed by atoms with van der Waals surface area (Å²) in [5.41, 5.74) is 7.38. The Balaban J connectivity index is 1.24. The molecule has 0 unspecified atom stereocenters. The van der Waals surface area contributed by atoms with Crippen LogP contribution in [0.2, 0.25) is 0 Å². The second-order valence-corrected chi connectivity index (χ2v) is 7.70. The van der Waals surface area contributed by atoms with E-state index in [4.69, 9.17) is 0 Å². The van der Waals surface area contributed by atoms with E-state index < -0.39 is 0 Å². The van der Waals surface area contributed by atoms with E-state index in [1.54, 1.807) is 0 Å². The van der Waals surface area contributed by atoms with Crippen LogP contribution in [-0.2, 0) is 13.1 Å². The van der Waals surface area contributed by atoms with Crippen LogP contribution in [0.5, 0.6) is 0 Å². The molecule has 0 aliphatic rings. The van der Waals surface area contributed by atoms with E-state index in [0.29, 0.717) is 0 Å². The molecule has 0 atom stereocenters. The Kier molecular flexibility index (Phi) is 3.68. The van der Waals surface area contributed by atoms with Crippen LogP contribution in [0.1, 0.15) is 11.1 Å². The molecule has 0 saturated heterocycles. The highest BCUT2D eigenvalue weighted by Gasteiger charge is 2.06. The molecule has 3 heteroatoms. The van der Waals surface area contributed by atoms with Gasteiger partial charge in [-0.15, -0.1) is 0 Å². The third kappa shape index (κ3) is 2.79. The normalized spacial score (nSPS) is 11.9. The average Bonchev–Trinajstić information content (AvgIpc) is 3.31. The first kappa shape index (κ1) is 16.4. The second-order valence-electron chi connectivity index (χ2n) is 7.70. The van der Waals surface area contributed by atoms with Crippen molar-refractivity contribution in [2.24, 2.45) is 0 Å². The zero-order valence-corrected chi connectivity index (χ0v) is 16.0. The number of hydrogen-bond donors (Lipinski definition) is 3. The van der Waals surface area contributed by atoms with Gasteiger partial charge in [0.1, 0.15) is 0 Å². The number of aromatic amines is 2. The molecular weight excluding hydrogens is 354 g/mol. The van der Waals surface area contributed by atoms with Crippen LogP contribution in [0.25, 0.3) is 43.6 Å². The van der Waals surface area contributed by atoms with Gasteiger partial charge in [-0.1, -0.05) is 48.5 Å². The van der Waals surface area contributed by atoms with Crippen molar-refractivity contribution in [3.05, 3.63) is 96.1 Å². The number of para-hydroxylation sites is 2. The van der Waals surface area contributed by atoms with E-state index in [1.165, 1.54) is 54.7 Å². The zero-order chi connectivity index (χ0) is 19.2. The third-order valence-electron chi connectivity index (χ3n) is 5.80. The summed E-state index contributed by atoms with van der Waals surface area (Å²) in [6.45, 7) is 1.70. The van der Waals surface area contributed by atoms with Gasteiger partial charge in [-0.25, -0.2) is 0 Å². The number of aromatic nitrogens is 2. The lowest BCUT2D eigenvalue weighted by atomic mass is 10.1. The first-order valence-electron chi connectivity index (χ1n) is 10.0. The number of hydrogen-bond acceptors (Lipinski definition) is 1. The predicted octanol–water partition coefficient (Wildman–Crippen LogP) is 6.25. The molecule has 3 nitrogen and oxygen atoms in total. The van der Waals surface area contributed by atoms with Crippen LogP contribution in [-0.4, -0.2) is 9.97 Å². The summed E-state index contributed by atoms with van der Waals surface area (Å²) in [6.07, 6.45) is 0. The predicted molar refractivity (Wildman–Crippen MR) is 122 cm³/mol. The highest BCUT2D eigenvalue weighted by molar-refractivity contribution is 6.08. The SMILES string of the molecule is c1ccc2c(c1)[nH]c1ccc(CNCc3ccc4[nH]c5ccccc5c4c3)cc12. The molecule has 0 fully saturated rings. The van der Waals surface area contributed by atoms with Gasteiger partial charge < -0.3 is 15.3 Å². The fourth-order valence-corrected chi connectivity index (χ4v) is 4.36. The lowest BCUT2D eigenvalue weighted by molar-refractivity contribution is 0.694. The Hall–Kier alpha value is -3.56. The Labute approximate surface area is 168 Å². The number of fused-ring (bicyclic) bond motifs is 6. The van der Waals surface area contributed by atoms with Crippen molar-refractivity contribution in [1.82, 2.24) is 15.3 Å². The van der Waals surface area contributed by atoms with Crippen LogP contribution >= 0.6 is 0 Å². The monoisotopic (exact) mass is 375 g/mol. The molecular formula is C26H21N3. The summed E-state index contributed by atoms with van der Waals surface area (Å²) >= 11 is 0. The zero-order valence-electron chi connectivity index (χ0n) is 16.0. The van der Waals surface area contributed by atoms with Crippen molar-refractivity contribution >= 4 is 43.6 Å². The van der Waals surface area contributed by atoms with Gasteiger partial charge in [-0.2, -0.15) is 0 Å². The molecule has 0 aliphatic carbocycles. The molecule has 6 rings (SSSR count). The van der Waals surface area contributed by atoms with Crippen LogP contribution in [0.3, 0.4) is 0 Å². The van der Waals surface area contributed by atoms with Crippen molar-refractivity contribution in [1.29, 1.82) is 0 Å². The van der Waals surface area contributed by atoms with Crippen molar-refractivity contribution < 1.29 is 0 Å². The molecule has 0 amide bonds.